The van der Waals surface area contributed by atoms with E-state index in [9.17, 15) is 5.11 Å². The molecule has 3 heteroatoms. The van der Waals surface area contributed by atoms with Crippen LogP contribution in [0.15, 0.2) is 24.3 Å². The summed E-state index contributed by atoms with van der Waals surface area (Å²) in [6.07, 6.45) is -0.415. The van der Waals surface area contributed by atoms with Crippen molar-refractivity contribution in [2.24, 2.45) is 5.92 Å². The molecule has 1 heterocycles. The molecule has 1 atom stereocenters. The van der Waals surface area contributed by atoms with Gasteiger partial charge in [0.25, 0.3) is 0 Å². The topological polar surface area (TPSA) is 38.7 Å². The summed E-state index contributed by atoms with van der Waals surface area (Å²) in [7, 11) is 0. The molecule has 0 aromatic heterocycles. The Bertz CT molecular complexity index is 364. The van der Waals surface area contributed by atoms with Crippen molar-refractivity contribution in [3.63, 3.8) is 0 Å². The molecule has 1 fully saturated rings. The zero-order valence-electron chi connectivity index (χ0n) is 10.6. The highest BCUT2D eigenvalue weighted by molar-refractivity contribution is 5.27. The standard InChI is InChI=1S/C14H20O3/c1-10(2)13(15)11-4-6-12(7-5-11)14(3)16-8-9-17-14/h4-7,10,13,15H,8-9H2,1-3H3. The van der Waals surface area contributed by atoms with Gasteiger partial charge in [0, 0.05) is 5.56 Å². The molecule has 1 aromatic carbocycles. The third kappa shape index (κ3) is 2.51. The number of hydrogen-bond donors (Lipinski definition) is 1. The average Bonchev–Trinajstić information content (AvgIpc) is 2.76. The van der Waals surface area contributed by atoms with Crippen molar-refractivity contribution in [1.29, 1.82) is 0 Å². The van der Waals surface area contributed by atoms with Gasteiger partial charge in [-0.3, -0.25) is 0 Å². The van der Waals surface area contributed by atoms with E-state index in [4.69, 9.17) is 9.47 Å². The van der Waals surface area contributed by atoms with Gasteiger partial charge >= 0.3 is 0 Å². The van der Waals surface area contributed by atoms with E-state index in [1.54, 1.807) is 0 Å². The Kier molecular flexibility index (Phi) is 3.52. The van der Waals surface area contributed by atoms with E-state index in [2.05, 4.69) is 0 Å². The first kappa shape index (κ1) is 12.6. The Morgan fingerprint density at radius 2 is 1.65 bits per heavy atom. The van der Waals surface area contributed by atoms with Gasteiger partial charge < -0.3 is 14.6 Å². The van der Waals surface area contributed by atoms with E-state index in [0.29, 0.717) is 13.2 Å². The second kappa shape index (κ2) is 4.77. The molecular formula is C14H20O3. The molecule has 0 radical (unpaired) electrons. The van der Waals surface area contributed by atoms with Crippen LogP contribution in [0.25, 0.3) is 0 Å². The fourth-order valence-electron chi connectivity index (χ4n) is 2.05. The van der Waals surface area contributed by atoms with Crippen LogP contribution in [-0.4, -0.2) is 18.3 Å². The van der Waals surface area contributed by atoms with Crippen LogP contribution in [0, 0.1) is 5.92 Å². The molecular weight excluding hydrogens is 216 g/mol. The van der Waals surface area contributed by atoms with E-state index < -0.39 is 11.9 Å². The lowest BCUT2D eigenvalue weighted by atomic mass is 9.97. The second-order valence-electron chi connectivity index (χ2n) is 4.95. The molecule has 1 N–H and O–H groups in total. The van der Waals surface area contributed by atoms with Gasteiger partial charge in [0.2, 0.25) is 0 Å². The fraction of sp³-hybridized carbons (Fsp3) is 0.571. The molecule has 17 heavy (non-hydrogen) atoms. The Hall–Kier alpha value is -0.900. The highest BCUT2D eigenvalue weighted by atomic mass is 16.7. The van der Waals surface area contributed by atoms with Gasteiger partial charge in [-0.1, -0.05) is 38.1 Å². The summed E-state index contributed by atoms with van der Waals surface area (Å²) in [5.74, 6) is -0.406. The Morgan fingerprint density at radius 1 is 1.12 bits per heavy atom. The predicted molar refractivity (Wildman–Crippen MR) is 65.5 cm³/mol. The van der Waals surface area contributed by atoms with Gasteiger partial charge in [0.1, 0.15) is 0 Å². The second-order valence-corrected chi connectivity index (χ2v) is 4.95. The number of rotatable bonds is 3. The highest BCUT2D eigenvalue weighted by Gasteiger charge is 2.33. The van der Waals surface area contributed by atoms with E-state index in [-0.39, 0.29) is 5.92 Å². The van der Waals surface area contributed by atoms with Gasteiger partial charge in [-0.15, -0.1) is 0 Å². The maximum absolute atomic E-state index is 9.96. The number of hydrogen-bond acceptors (Lipinski definition) is 3. The third-order valence-corrected chi connectivity index (χ3v) is 3.25. The molecule has 3 nitrogen and oxygen atoms in total. The summed E-state index contributed by atoms with van der Waals surface area (Å²) in [6, 6.07) is 7.81. The maximum atomic E-state index is 9.96. The zero-order chi connectivity index (χ0) is 12.5. The molecule has 0 bridgehead atoms. The molecule has 94 valence electrons. The van der Waals surface area contributed by atoms with Gasteiger partial charge in [-0.25, -0.2) is 0 Å². The van der Waals surface area contributed by atoms with Gasteiger partial charge in [-0.2, -0.15) is 0 Å². The molecule has 1 unspecified atom stereocenters. The minimum Gasteiger partial charge on any atom is -0.388 e. The van der Waals surface area contributed by atoms with Crippen molar-refractivity contribution in [1.82, 2.24) is 0 Å². The van der Waals surface area contributed by atoms with Crippen LogP contribution in [-0.2, 0) is 15.3 Å². The highest BCUT2D eigenvalue weighted by Crippen LogP contribution is 2.32. The summed E-state index contributed by atoms with van der Waals surface area (Å²) < 4.78 is 11.2. The SMILES string of the molecule is CC(C)C(O)c1ccc(C2(C)OCCO2)cc1. The lowest BCUT2D eigenvalue weighted by molar-refractivity contribution is -0.149. The van der Waals surface area contributed by atoms with Crippen LogP contribution < -0.4 is 0 Å². The molecule has 0 aliphatic carbocycles. The van der Waals surface area contributed by atoms with E-state index >= 15 is 0 Å². The monoisotopic (exact) mass is 236 g/mol. The van der Waals surface area contributed by atoms with Gasteiger partial charge in [-0.05, 0) is 18.4 Å². The quantitative estimate of drug-likeness (QED) is 0.876. The largest absolute Gasteiger partial charge is 0.388 e. The molecule has 1 aliphatic heterocycles. The minimum absolute atomic E-state index is 0.218. The number of benzene rings is 1. The van der Waals surface area contributed by atoms with Crippen LogP contribution in [0.4, 0.5) is 0 Å². The summed E-state index contributed by atoms with van der Waals surface area (Å²) in [4.78, 5) is 0. The normalized spacial score (nSPS) is 20.8. The Morgan fingerprint density at radius 3 is 2.12 bits per heavy atom. The Labute approximate surface area is 102 Å². The molecule has 0 spiro atoms. The van der Waals surface area contributed by atoms with E-state index in [0.717, 1.165) is 11.1 Å². The van der Waals surface area contributed by atoms with Crippen LogP contribution >= 0.6 is 0 Å². The van der Waals surface area contributed by atoms with E-state index in [1.807, 2.05) is 45.0 Å². The molecule has 1 saturated heterocycles. The third-order valence-electron chi connectivity index (χ3n) is 3.25. The van der Waals surface area contributed by atoms with Crippen molar-refractivity contribution >= 4 is 0 Å². The van der Waals surface area contributed by atoms with Crippen molar-refractivity contribution < 1.29 is 14.6 Å². The average molecular weight is 236 g/mol. The number of aliphatic hydroxyl groups is 1. The van der Waals surface area contributed by atoms with Crippen LogP contribution in [0.3, 0.4) is 0 Å². The predicted octanol–water partition coefficient (Wildman–Crippen LogP) is 2.60. The van der Waals surface area contributed by atoms with Crippen molar-refractivity contribution in [2.75, 3.05) is 13.2 Å². The summed E-state index contributed by atoms with van der Waals surface area (Å²) in [6.45, 7) is 7.19. The van der Waals surface area contributed by atoms with E-state index in [1.165, 1.54) is 0 Å². The fourth-order valence-corrected chi connectivity index (χ4v) is 2.05. The molecule has 2 rings (SSSR count). The maximum Gasteiger partial charge on any atom is 0.192 e. The van der Waals surface area contributed by atoms with Crippen molar-refractivity contribution in [3.05, 3.63) is 35.4 Å². The zero-order valence-corrected chi connectivity index (χ0v) is 10.6. The smallest absolute Gasteiger partial charge is 0.192 e. The lowest BCUT2D eigenvalue weighted by Crippen LogP contribution is -2.22. The molecule has 1 aromatic rings. The first-order valence-corrected chi connectivity index (χ1v) is 6.09. The molecule has 1 aliphatic rings. The van der Waals surface area contributed by atoms with Gasteiger partial charge in [0.05, 0.1) is 19.3 Å². The Balaban J connectivity index is 2.18. The summed E-state index contributed by atoms with van der Waals surface area (Å²) in [5.41, 5.74) is 1.93. The summed E-state index contributed by atoms with van der Waals surface area (Å²) >= 11 is 0. The van der Waals surface area contributed by atoms with Crippen molar-refractivity contribution in [2.45, 2.75) is 32.7 Å². The molecule has 0 amide bonds. The van der Waals surface area contributed by atoms with Crippen LogP contribution in [0.2, 0.25) is 0 Å². The minimum atomic E-state index is -0.624. The summed E-state index contributed by atoms with van der Waals surface area (Å²) in [5, 5.41) is 9.96. The van der Waals surface area contributed by atoms with Crippen molar-refractivity contribution in [3.8, 4) is 0 Å². The molecule has 0 saturated carbocycles. The number of aliphatic hydroxyl groups excluding tert-OH is 1. The van der Waals surface area contributed by atoms with Gasteiger partial charge in [0.15, 0.2) is 5.79 Å². The van der Waals surface area contributed by atoms with Crippen LogP contribution in [0.1, 0.15) is 38.0 Å². The first-order chi connectivity index (χ1) is 8.03. The lowest BCUT2D eigenvalue weighted by Gasteiger charge is -2.23. The first-order valence-electron chi connectivity index (χ1n) is 6.09. The number of ether oxygens (including phenoxy) is 2. The van der Waals surface area contributed by atoms with Crippen LogP contribution in [0.5, 0.6) is 0 Å².